The lowest BCUT2D eigenvalue weighted by molar-refractivity contribution is -0.164. The van der Waals surface area contributed by atoms with E-state index in [1.165, 1.54) is 0 Å². The molecule has 0 aromatic carbocycles. The summed E-state index contributed by atoms with van der Waals surface area (Å²) in [6, 6.07) is 0. The van der Waals surface area contributed by atoms with Crippen molar-refractivity contribution in [1.29, 1.82) is 0 Å². The number of amides is 1. The van der Waals surface area contributed by atoms with Crippen LogP contribution >= 0.6 is 11.8 Å². The van der Waals surface area contributed by atoms with Gasteiger partial charge in [0, 0.05) is 0 Å². The van der Waals surface area contributed by atoms with Crippen LogP contribution in [0.2, 0.25) is 0 Å². The minimum absolute atomic E-state index is 0.214. The molecule has 2 atom stereocenters. The molecule has 0 aromatic heterocycles. The average molecular weight is 265 g/mol. The van der Waals surface area contributed by atoms with Gasteiger partial charge >= 0.3 is 11.9 Å². The molecule has 0 fully saturated rings. The lowest BCUT2D eigenvalue weighted by atomic mass is 10.1. The second kappa shape index (κ2) is 6.45. The molecule has 4 N–H and O–H groups in total. The zero-order valence-corrected chi connectivity index (χ0v) is 10.3. The van der Waals surface area contributed by atoms with E-state index >= 15 is 0 Å². The Labute approximate surface area is 102 Å². The highest BCUT2D eigenvalue weighted by Gasteiger charge is 2.39. The monoisotopic (exact) mass is 265 g/mol. The lowest BCUT2D eigenvalue weighted by Gasteiger charge is -2.21. The SMILES string of the molecule is CCC(NC(=O)C(C)(O)C(=O)O)SCC(=O)O. The van der Waals surface area contributed by atoms with E-state index in [9.17, 15) is 19.5 Å². The third-order valence-corrected chi connectivity index (χ3v) is 3.20. The van der Waals surface area contributed by atoms with Crippen LogP contribution in [0.4, 0.5) is 0 Å². The molecule has 17 heavy (non-hydrogen) atoms. The highest BCUT2D eigenvalue weighted by atomic mass is 32.2. The Morgan fingerprint density at radius 2 is 1.88 bits per heavy atom. The molecule has 0 aliphatic rings. The van der Waals surface area contributed by atoms with Crippen molar-refractivity contribution in [3.8, 4) is 0 Å². The van der Waals surface area contributed by atoms with Crippen LogP contribution in [0, 0.1) is 0 Å². The Bertz CT molecular complexity index is 317. The number of aliphatic hydroxyl groups is 1. The van der Waals surface area contributed by atoms with Crippen molar-refractivity contribution < 1.29 is 29.7 Å². The van der Waals surface area contributed by atoms with Crippen LogP contribution in [0.25, 0.3) is 0 Å². The molecule has 0 saturated heterocycles. The smallest absolute Gasteiger partial charge is 0.345 e. The molecule has 0 bridgehead atoms. The van der Waals surface area contributed by atoms with Crippen molar-refractivity contribution in [3.05, 3.63) is 0 Å². The van der Waals surface area contributed by atoms with E-state index in [0.717, 1.165) is 18.7 Å². The van der Waals surface area contributed by atoms with Gasteiger partial charge in [-0.15, -0.1) is 11.8 Å². The van der Waals surface area contributed by atoms with Crippen LogP contribution in [0.3, 0.4) is 0 Å². The van der Waals surface area contributed by atoms with Gasteiger partial charge in [0.1, 0.15) is 0 Å². The molecule has 0 aliphatic heterocycles. The summed E-state index contributed by atoms with van der Waals surface area (Å²) in [5.74, 6) is -3.97. The quantitative estimate of drug-likeness (QED) is 0.361. The summed E-state index contributed by atoms with van der Waals surface area (Å²) < 4.78 is 0. The molecule has 7 nitrogen and oxygen atoms in total. The minimum Gasteiger partial charge on any atom is -0.481 e. The lowest BCUT2D eigenvalue weighted by Crippen LogP contribution is -2.52. The van der Waals surface area contributed by atoms with Gasteiger partial charge in [0.2, 0.25) is 5.60 Å². The number of carbonyl (C=O) groups is 3. The Kier molecular flexibility index (Phi) is 5.97. The second-order valence-electron chi connectivity index (χ2n) is 3.45. The second-order valence-corrected chi connectivity index (χ2v) is 4.64. The van der Waals surface area contributed by atoms with Gasteiger partial charge in [-0.2, -0.15) is 0 Å². The molecule has 0 rings (SSSR count). The van der Waals surface area contributed by atoms with Crippen molar-refractivity contribution in [2.45, 2.75) is 31.2 Å². The number of hydrogen-bond donors (Lipinski definition) is 4. The number of aliphatic carboxylic acids is 2. The number of carbonyl (C=O) groups excluding carboxylic acids is 1. The highest BCUT2D eigenvalue weighted by molar-refractivity contribution is 8.00. The van der Waals surface area contributed by atoms with E-state index in [2.05, 4.69) is 5.32 Å². The first kappa shape index (κ1) is 15.7. The molecule has 98 valence electrons. The van der Waals surface area contributed by atoms with E-state index in [1.54, 1.807) is 6.92 Å². The maximum absolute atomic E-state index is 11.4. The largest absolute Gasteiger partial charge is 0.481 e. The zero-order chi connectivity index (χ0) is 13.6. The Hall–Kier alpha value is -1.28. The van der Waals surface area contributed by atoms with Crippen molar-refractivity contribution >= 4 is 29.6 Å². The molecule has 1 amide bonds. The Morgan fingerprint density at radius 1 is 1.35 bits per heavy atom. The summed E-state index contributed by atoms with van der Waals surface area (Å²) in [7, 11) is 0. The van der Waals surface area contributed by atoms with Gasteiger partial charge in [0.05, 0.1) is 11.1 Å². The molecule has 0 saturated carbocycles. The summed E-state index contributed by atoms with van der Waals surface area (Å²) in [5, 5.41) is 28.1. The standard InChI is InChI=1S/C9H15NO6S/c1-3-5(17-4-6(11)12)10-7(13)9(2,16)8(14)15/h5,16H,3-4H2,1-2H3,(H,10,13)(H,11,12)(H,14,15). The molecule has 8 heteroatoms. The zero-order valence-electron chi connectivity index (χ0n) is 9.47. The van der Waals surface area contributed by atoms with E-state index in [0.29, 0.717) is 6.42 Å². The number of carboxylic acids is 2. The van der Waals surface area contributed by atoms with Crippen molar-refractivity contribution in [1.82, 2.24) is 5.32 Å². The fourth-order valence-electron chi connectivity index (χ4n) is 0.817. The maximum atomic E-state index is 11.4. The normalized spacial score (nSPS) is 15.7. The van der Waals surface area contributed by atoms with Gasteiger partial charge in [-0.3, -0.25) is 9.59 Å². The molecule has 0 spiro atoms. The number of thioether (sulfide) groups is 1. The molecular weight excluding hydrogens is 250 g/mol. The van der Waals surface area contributed by atoms with Crippen molar-refractivity contribution in [2.75, 3.05) is 5.75 Å². The molecule has 0 heterocycles. The Morgan fingerprint density at radius 3 is 2.24 bits per heavy atom. The van der Waals surface area contributed by atoms with Gasteiger partial charge in [-0.1, -0.05) is 6.92 Å². The van der Waals surface area contributed by atoms with Crippen LogP contribution in [-0.4, -0.2) is 49.9 Å². The third-order valence-electron chi connectivity index (χ3n) is 1.93. The molecule has 0 radical (unpaired) electrons. The van der Waals surface area contributed by atoms with Gasteiger partial charge < -0.3 is 20.6 Å². The van der Waals surface area contributed by atoms with E-state index in [-0.39, 0.29) is 5.75 Å². The van der Waals surface area contributed by atoms with Gasteiger partial charge in [-0.05, 0) is 13.3 Å². The number of carboxylic acid groups (broad SMARTS) is 2. The number of hydrogen-bond acceptors (Lipinski definition) is 5. The maximum Gasteiger partial charge on any atom is 0.345 e. The third kappa shape index (κ3) is 5.05. The van der Waals surface area contributed by atoms with Crippen LogP contribution in [0.15, 0.2) is 0 Å². The summed E-state index contributed by atoms with van der Waals surface area (Å²) in [5.41, 5.74) is -2.52. The molecule has 2 unspecified atom stereocenters. The van der Waals surface area contributed by atoms with Crippen molar-refractivity contribution in [2.24, 2.45) is 0 Å². The van der Waals surface area contributed by atoms with Crippen molar-refractivity contribution in [3.63, 3.8) is 0 Å². The first-order valence-electron chi connectivity index (χ1n) is 4.82. The summed E-state index contributed by atoms with van der Waals surface area (Å²) >= 11 is 0.950. The number of rotatable bonds is 7. The summed E-state index contributed by atoms with van der Waals surface area (Å²) in [4.78, 5) is 32.3. The first-order chi connectivity index (χ1) is 7.71. The van der Waals surface area contributed by atoms with Gasteiger partial charge in [-0.25, -0.2) is 4.79 Å². The highest BCUT2D eigenvalue weighted by Crippen LogP contribution is 2.13. The molecular formula is C9H15NO6S. The summed E-state index contributed by atoms with van der Waals surface area (Å²) in [6.45, 7) is 2.56. The van der Waals surface area contributed by atoms with E-state index < -0.39 is 28.8 Å². The molecule has 0 aromatic rings. The summed E-state index contributed by atoms with van der Waals surface area (Å²) in [6.07, 6.45) is 0.416. The average Bonchev–Trinajstić information content (AvgIpc) is 2.23. The Balaban J connectivity index is 4.43. The topological polar surface area (TPSA) is 124 Å². The minimum atomic E-state index is -2.52. The van der Waals surface area contributed by atoms with E-state index in [1.807, 2.05) is 0 Å². The van der Waals surface area contributed by atoms with Crippen LogP contribution in [-0.2, 0) is 14.4 Å². The predicted molar refractivity (Wildman–Crippen MR) is 60.6 cm³/mol. The van der Waals surface area contributed by atoms with E-state index in [4.69, 9.17) is 10.2 Å². The van der Waals surface area contributed by atoms with Crippen LogP contribution < -0.4 is 5.32 Å². The fourth-order valence-corrected chi connectivity index (χ4v) is 1.59. The molecule has 0 aliphatic carbocycles. The fraction of sp³-hybridized carbons (Fsp3) is 0.667. The number of nitrogens with one attached hydrogen (secondary N) is 1. The van der Waals surface area contributed by atoms with Gasteiger partial charge in [0.25, 0.3) is 5.91 Å². The van der Waals surface area contributed by atoms with Crippen LogP contribution in [0.1, 0.15) is 20.3 Å². The predicted octanol–water partition coefficient (Wildman–Crippen LogP) is -0.508. The van der Waals surface area contributed by atoms with Crippen LogP contribution in [0.5, 0.6) is 0 Å². The van der Waals surface area contributed by atoms with Gasteiger partial charge in [0.15, 0.2) is 0 Å². The first-order valence-corrected chi connectivity index (χ1v) is 5.86.